The van der Waals surface area contributed by atoms with Crippen molar-refractivity contribution in [3.05, 3.63) is 89.1 Å². The van der Waals surface area contributed by atoms with Gasteiger partial charge in [-0.15, -0.1) is 0 Å². The molecule has 1 saturated heterocycles. The fraction of sp³-hybridized carbons (Fsp3) is 0.231. The molecule has 0 amide bonds. The van der Waals surface area contributed by atoms with E-state index in [1.807, 2.05) is 30.5 Å². The third-order valence-electron chi connectivity index (χ3n) is 5.74. The molecule has 0 spiro atoms. The van der Waals surface area contributed by atoms with Gasteiger partial charge in [0.25, 0.3) is 0 Å². The molecule has 0 saturated carbocycles. The number of hydrogen-bond acceptors (Lipinski definition) is 5. The van der Waals surface area contributed by atoms with E-state index in [0.29, 0.717) is 0 Å². The lowest BCUT2D eigenvalue weighted by Gasteiger charge is -2.31. The molecular formula is C26H26N4O. The first kappa shape index (κ1) is 19.5. The van der Waals surface area contributed by atoms with Crippen molar-refractivity contribution in [3.63, 3.8) is 0 Å². The molecule has 0 atom stereocenters. The van der Waals surface area contributed by atoms with Gasteiger partial charge in [-0.1, -0.05) is 48.5 Å². The molecule has 156 valence electrons. The lowest BCUT2D eigenvalue weighted by atomic mass is 10.1. The molecule has 2 aromatic carbocycles. The summed E-state index contributed by atoms with van der Waals surface area (Å²) >= 11 is 0. The van der Waals surface area contributed by atoms with Gasteiger partial charge in [0.05, 0.1) is 24.9 Å². The average molecular weight is 411 g/mol. The molecule has 0 radical (unpaired) electrons. The van der Waals surface area contributed by atoms with Gasteiger partial charge in [0, 0.05) is 24.2 Å². The smallest absolute Gasteiger partial charge is 0.146 e. The SMILES string of the molecule is C(=N\Nc1ccc2ccccc2n1)/C1=C(N2CCOCC2)C(=C/c2ccccc2)/CC1. The first-order valence-corrected chi connectivity index (χ1v) is 10.8. The Hall–Kier alpha value is -3.44. The highest BCUT2D eigenvalue weighted by Crippen LogP contribution is 2.35. The lowest BCUT2D eigenvalue weighted by Crippen LogP contribution is -2.36. The molecule has 5 rings (SSSR count). The van der Waals surface area contributed by atoms with Crippen molar-refractivity contribution in [1.29, 1.82) is 0 Å². The molecule has 2 aliphatic rings. The Kier molecular flexibility index (Phi) is 5.76. The van der Waals surface area contributed by atoms with E-state index in [0.717, 1.165) is 55.9 Å². The zero-order valence-electron chi connectivity index (χ0n) is 17.5. The van der Waals surface area contributed by atoms with Gasteiger partial charge in [0.15, 0.2) is 0 Å². The van der Waals surface area contributed by atoms with Crippen LogP contribution in [0.15, 0.2) is 88.7 Å². The van der Waals surface area contributed by atoms with Crippen molar-refractivity contribution in [2.75, 3.05) is 31.7 Å². The van der Waals surface area contributed by atoms with Gasteiger partial charge in [-0.05, 0) is 53.8 Å². The summed E-state index contributed by atoms with van der Waals surface area (Å²) < 4.78 is 5.58. The minimum absolute atomic E-state index is 0.751. The number of pyridine rings is 1. The molecule has 0 unspecified atom stereocenters. The molecular weight excluding hydrogens is 384 g/mol. The standard InChI is InChI=1S/C26H26N4O/c1-2-6-20(7-3-1)18-22-10-11-23(26(22)30-14-16-31-17-15-30)19-27-29-25-13-12-21-8-4-5-9-24(21)28-25/h1-9,12-13,18-19H,10-11,14-17H2,(H,28,29)/b22-18+,27-19+. The average Bonchev–Trinajstić information content (AvgIpc) is 3.22. The van der Waals surface area contributed by atoms with Gasteiger partial charge in [-0.25, -0.2) is 4.98 Å². The van der Waals surface area contributed by atoms with E-state index in [1.54, 1.807) is 0 Å². The van der Waals surface area contributed by atoms with E-state index in [-0.39, 0.29) is 0 Å². The predicted molar refractivity (Wildman–Crippen MR) is 127 cm³/mol. The van der Waals surface area contributed by atoms with E-state index < -0.39 is 0 Å². The number of benzene rings is 2. The van der Waals surface area contributed by atoms with E-state index in [9.17, 15) is 0 Å². The number of allylic oxidation sites excluding steroid dienone is 2. The van der Waals surface area contributed by atoms with Crippen LogP contribution in [0.3, 0.4) is 0 Å². The van der Waals surface area contributed by atoms with Gasteiger partial charge in [-0.2, -0.15) is 5.10 Å². The fourth-order valence-electron chi connectivity index (χ4n) is 4.23. The molecule has 1 aromatic heterocycles. The van der Waals surface area contributed by atoms with Crippen LogP contribution in [-0.2, 0) is 4.74 Å². The number of nitrogens with zero attached hydrogens (tertiary/aromatic N) is 3. The van der Waals surface area contributed by atoms with Gasteiger partial charge in [0.1, 0.15) is 5.82 Å². The third kappa shape index (κ3) is 4.52. The largest absolute Gasteiger partial charge is 0.378 e. The Morgan fingerprint density at radius 1 is 0.903 bits per heavy atom. The van der Waals surface area contributed by atoms with Crippen molar-refractivity contribution in [2.24, 2.45) is 5.10 Å². The number of nitrogens with one attached hydrogen (secondary N) is 1. The van der Waals surface area contributed by atoms with E-state index in [4.69, 9.17) is 4.74 Å². The Bertz CT molecular complexity index is 1140. The molecule has 1 aliphatic heterocycles. The van der Waals surface area contributed by atoms with Crippen LogP contribution in [0.5, 0.6) is 0 Å². The third-order valence-corrected chi connectivity index (χ3v) is 5.74. The minimum atomic E-state index is 0.751. The normalized spacial score (nSPS) is 18.5. The molecule has 1 N–H and O–H groups in total. The Morgan fingerprint density at radius 2 is 1.71 bits per heavy atom. The summed E-state index contributed by atoms with van der Waals surface area (Å²) in [6.07, 6.45) is 6.29. The van der Waals surface area contributed by atoms with Crippen molar-refractivity contribution in [3.8, 4) is 0 Å². The van der Waals surface area contributed by atoms with Crippen molar-refractivity contribution < 1.29 is 4.74 Å². The van der Waals surface area contributed by atoms with E-state index in [1.165, 1.54) is 22.4 Å². The second kappa shape index (κ2) is 9.14. The Labute approximate surface area is 182 Å². The molecule has 3 aromatic rings. The van der Waals surface area contributed by atoms with Crippen molar-refractivity contribution >= 4 is 29.0 Å². The van der Waals surface area contributed by atoms with E-state index in [2.05, 4.69) is 69.0 Å². The molecule has 1 fully saturated rings. The Morgan fingerprint density at radius 3 is 2.58 bits per heavy atom. The summed E-state index contributed by atoms with van der Waals surface area (Å²) in [5.41, 5.74) is 9.26. The zero-order chi connectivity index (χ0) is 20.9. The molecule has 2 heterocycles. The second-order valence-electron chi connectivity index (χ2n) is 7.81. The summed E-state index contributed by atoms with van der Waals surface area (Å²) in [4.78, 5) is 7.09. The van der Waals surface area contributed by atoms with Gasteiger partial charge < -0.3 is 9.64 Å². The number of anilines is 1. The van der Waals surface area contributed by atoms with Gasteiger partial charge in [-0.3, -0.25) is 5.43 Å². The van der Waals surface area contributed by atoms with Crippen LogP contribution >= 0.6 is 0 Å². The van der Waals surface area contributed by atoms with Crippen LogP contribution in [0.25, 0.3) is 17.0 Å². The van der Waals surface area contributed by atoms with Crippen LogP contribution < -0.4 is 5.43 Å². The van der Waals surface area contributed by atoms with Crippen molar-refractivity contribution in [1.82, 2.24) is 9.88 Å². The maximum atomic E-state index is 5.58. The van der Waals surface area contributed by atoms with Crippen LogP contribution in [0, 0.1) is 0 Å². The summed E-state index contributed by atoms with van der Waals surface area (Å²) in [5.74, 6) is 0.751. The van der Waals surface area contributed by atoms with Crippen LogP contribution in [0.2, 0.25) is 0 Å². The monoisotopic (exact) mass is 410 g/mol. The number of para-hydroxylation sites is 1. The second-order valence-corrected chi connectivity index (χ2v) is 7.81. The zero-order valence-corrected chi connectivity index (χ0v) is 17.5. The molecule has 5 nitrogen and oxygen atoms in total. The topological polar surface area (TPSA) is 49.8 Å². The number of ether oxygens (including phenoxy) is 1. The molecule has 31 heavy (non-hydrogen) atoms. The van der Waals surface area contributed by atoms with Crippen molar-refractivity contribution in [2.45, 2.75) is 12.8 Å². The van der Waals surface area contributed by atoms with Crippen LogP contribution in [-0.4, -0.2) is 42.4 Å². The predicted octanol–water partition coefficient (Wildman–Crippen LogP) is 5.10. The number of rotatable bonds is 5. The van der Waals surface area contributed by atoms with E-state index >= 15 is 0 Å². The number of morpholine rings is 1. The highest BCUT2D eigenvalue weighted by molar-refractivity contribution is 5.84. The first-order valence-electron chi connectivity index (χ1n) is 10.8. The summed E-state index contributed by atoms with van der Waals surface area (Å²) in [5, 5.41) is 5.66. The quantitative estimate of drug-likeness (QED) is 0.470. The first-order chi connectivity index (χ1) is 15.4. The highest BCUT2D eigenvalue weighted by Gasteiger charge is 2.25. The summed E-state index contributed by atoms with van der Waals surface area (Å²) in [6, 6.07) is 22.7. The number of hydrogen-bond donors (Lipinski definition) is 1. The van der Waals surface area contributed by atoms with Crippen LogP contribution in [0.4, 0.5) is 5.82 Å². The molecule has 0 bridgehead atoms. The fourth-order valence-corrected chi connectivity index (χ4v) is 4.23. The maximum absolute atomic E-state index is 5.58. The number of hydrazone groups is 1. The Balaban J connectivity index is 1.41. The van der Waals surface area contributed by atoms with Crippen LogP contribution in [0.1, 0.15) is 18.4 Å². The molecule has 1 aliphatic carbocycles. The van der Waals surface area contributed by atoms with Gasteiger partial charge in [0.2, 0.25) is 0 Å². The van der Waals surface area contributed by atoms with Gasteiger partial charge >= 0.3 is 0 Å². The highest BCUT2D eigenvalue weighted by atomic mass is 16.5. The number of aromatic nitrogens is 1. The minimum Gasteiger partial charge on any atom is -0.378 e. The number of fused-ring (bicyclic) bond motifs is 1. The summed E-state index contributed by atoms with van der Waals surface area (Å²) in [6.45, 7) is 3.37. The lowest BCUT2D eigenvalue weighted by molar-refractivity contribution is 0.0548. The maximum Gasteiger partial charge on any atom is 0.146 e. The summed E-state index contributed by atoms with van der Waals surface area (Å²) in [7, 11) is 0. The molecule has 5 heteroatoms.